The fraction of sp³-hybridized carbons (Fsp3) is 0.333. The largest absolute Gasteiger partial charge is 0.316 e. The Labute approximate surface area is 117 Å². The number of thiazole rings is 1. The molecule has 1 aromatic carbocycles. The van der Waals surface area contributed by atoms with Crippen LogP contribution in [0, 0.1) is 5.92 Å². The highest BCUT2D eigenvalue weighted by atomic mass is 79.9. The van der Waals surface area contributed by atoms with Gasteiger partial charge in [-0.25, -0.2) is 4.98 Å². The van der Waals surface area contributed by atoms with Crippen LogP contribution in [0.3, 0.4) is 0 Å². The maximum atomic E-state index is 12.0. The first kappa shape index (κ1) is 12.1. The second-order valence-corrected chi connectivity index (χ2v) is 6.26. The number of amides is 1. The van der Waals surface area contributed by atoms with Crippen LogP contribution in [0.15, 0.2) is 22.7 Å². The molecule has 2 aromatic rings. The second kappa shape index (κ2) is 4.95. The number of carbonyl (C=O) groups excluding carboxylic acids is 1. The molecule has 1 saturated heterocycles. The van der Waals surface area contributed by atoms with Gasteiger partial charge in [0, 0.05) is 11.0 Å². The molecule has 6 heteroatoms. The van der Waals surface area contributed by atoms with Crippen molar-refractivity contribution in [3.63, 3.8) is 0 Å². The summed E-state index contributed by atoms with van der Waals surface area (Å²) in [4.78, 5) is 16.4. The molecule has 1 atom stereocenters. The predicted octanol–water partition coefficient (Wildman–Crippen LogP) is 2.61. The first-order chi connectivity index (χ1) is 8.72. The molecule has 0 unspecified atom stereocenters. The average Bonchev–Trinajstić information content (AvgIpc) is 2.95. The van der Waals surface area contributed by atoms with E-state index in [1.54, 1.807) is 0 Å². The number of nitrogens with one attached hydrogen (secondary N) is 2. The van der Waals surface area contributed by atoms with Crippen LogP contribution in [0.5, 0.6) is 0 Å². The fourth-order valence-corrected chi connectivity index (χ4v) is 3.46. The van der Waals surface area contributed by atoms with Gasteiger partial charge in [-0.1, -0.05) is 27.3 Å². The second-order valence-electron chi connectivity index (χ2n) is 4.31. The summed E-state index contributed by atoms with van der Waals surface area (Å²) in [5.41, 5.74) is 0.919. The van der Waals surface area contributed by atoms with Gasteiger partial charge < -0.3 is 10.6 Å². The van der Waals surface area contributed by atoms with Crippen LogP contribution in [-0.2, 0) is 4.79 Å². The van der Waals surface area contributed by atoms with E-state index >= 15 is 0 Å². The van der Waals surface area contributed by atoms with E-state index in [2.05, 4.69) is 31.5 Å². The van der Waals surface area contributed by atoms with Gasteiger partial charge in [-0.05, 0) is 31.2 Å². The molecule has 18 heavy (non-hydrogen) atoms. The third-order valence-electron chi connectivity index (χ3n) is 3.01. The Morgan fingerprint density at radius 2 is 2.44 bits per heavy atom. The van der Waals surface area contributed by atoms with E-state index in [0.29, 0.717) is 5.13 Å². The predicted molar refractivity (Wildman–Crippen MR) is 76.9 cm³/mol. The molecule has 1 aliphatic rings. The molecule has 0 bridgehead atoms. The van der Waals surface area contributed by atoms with Crippen LogP contribution in [0.4, 0.5) is 5.13 Å². The Hall–Kier alpha value is -0.980. The third kappa shape index (κ3) is 2.41. The molecule has 2 N–H and O–H groups in total. The molecule has 1 aromatic heterocycles. The van der Waals surface area contributed by atoms with Crippen LogP contribution in [0.1, 0.15) is 6.42 Å². The number of anilines is 1. The minimum Gasteiger partial charge on any atom is -0.316 e. The smallest absolute Gasteiger partial charge is 0.230 e. The summed E-state index contributed by atoms with van der Waals surface area (Å²) in [6, 6.07) is 5.91. The van der Waals surface area contributed by atoms with Gasteiger partial charge in [-0.3, -0.25) is 4.79 Å². The minimum absolute atomic E-state index is 0.0677. The maximum Gasteiger partial charge on any atom is 0.230 e. The summed E-state index contributed by atoms with van der Waals surface area (Å²) < 4.78 is 2.10. The maximum absolute atomic E-state index is 12.0. The highest BCUT2D eigenvalue weighted by Crippen LogP contribution is 2.28. The molecule has 0 aliphatic carbocycles. The molecule has 0 radical (unpaired) electrons. The zero-order valence-electron chi connectivity index (χ0n) is 9.57. The minimum atomic E-state index is 0.0677. The van der Waals surface area contributed by atoms with Crippen molar-refractivity contribution in [2.24, 2.45) is 5.92 Å². The number of benzene rings is 1. The number of nitrogens with zero attached hydrogens (tertiary/aromatic N) is 1. The molecule has 0 spiro atoms. The zero-order chi connectivity index (χ0) is 12.5. The molecule has 1 amide bonds. The van der Waals surface area contributed by atoms with Crippen molar-refractivity contribution < 1.29 is 4.79 Å². The van der Waals surface area contributed by atoms with Crippen molar-refractivity contribution in [1.82, 2.24) is 10.3 Å². The van der Waals surface area contributed by atoms with Gasteiger partial charge >= 0.3 is 0 Å². The number of hydrogen-bond donors (Lipinski definition) is 2. The number of aromatic nitrogens is 1. The molecule has 2 heterocycles. The number of fused-ring (bicyclic) bond motifs is 1. The summed E-state index contributed by atoms with van der Waals surface area (Å²) in [5, 5.41) is 6.78. The van der Waals surface area contributed by atoms with Crippen molar-refractivity contribution in [2.75, 3.05) is 18.4 Å². The quantitative estimate of drug-likeness (QED) is 0.892. The number of rotatable bonds is 2. The van der Waals surface area contributed by atoms with Crippen LogP contribution in [-0.4, -0.2) is 24.0 Å². The number of halogens is 1. The zero-order valence-corrected chi connectivity index (χ0v) is 12.0. The SMILES string of the molecule is O=C(Nc1nc2ccc(Br)cc2s1)[C@H]1CCNC1. The van der Waals surface area contributed by atoms with Gasteiger partial charge in [-0.15, -0.1) is 0 Å². The van der Waals surface area contributed by atoms with Crippen LogP contribution < -0.4 is 10.6 Å². The lowest BCUT2D eigenvalue weighted by Crippen LogP contribution is -2.24. The van der Waals surface area contributed by atoms with Crippen LogP contribution in [0.25, 0.3) is 10.2 Å². The third-order valence-corrected chi connectivity index (χ3v) is 4.44. The van der Waals surface area contributed by atoms with E-state index in [1.807, 2.05) is 18.2 Å². The van der Waals surface area contributed by atoms with E-state index in [9.17, 15) is 4.79 Å². The Morgan fingerprint density at radius 1 is 1.56 bits per heavy atom. The van der Waals surface area contributed by atoms with Crippen molar-refractivity contribution in [3.05, 3.63) is 22.7 Å². The highest BCUT2D eigenvalue weighted by Gasteiger charge is 2.23. The van der Waals surface area contributed by atoms with Crippen molar-refractivity contribution in [1.29, 1.82) is 0 Å². The van der Waals surface area contributed by atoms with Crippen LogP contribution >= 0.6 is 27.3 Å². The van der Waals surface area contributed by atoms with Gasteiger partial charge in [0.1, 0.15) is 0 Å². The molecule has 94 valence electrons. The number of carbonyl (C=O) groups is 1. The molecule has 3 rings (SSSR count). The average molecular weight is 326 g/mol. The Morgan fingerprint density at radius 3 is 3.22 bits per heavy atom. The van der Waals surface area contributed by atoms with E-state index in [0.717, 1.165) is 34.2 Å². The summed E-state index contributed by atoms with van der Waals surface area (Å²) >= 11 is 4.93. The monoisotopic (exact) mass is 325 g/mol. The van der Waals surface area contributed by atoms with Gasteiger partial charge in [0.2, 0.25) is 5.91 Å². The fourth-order valence-electron chi connectivity index (χ4n) is 2.04. The lowest BCUT2D eigenvalue weighted by atomic mass is 10.1. The topological polar surface area (TPSA) is 54.0 Å². The summed E-state index contributed by atoms with van der Waals surface area (Å²) in [5.74, 6) is 0.141. The normalized spacial score (nSPS) is 19.3. The van der Waals surface area contributed by atoms with Crippen molar-refractivity contribution >= 4 is 48.5 Å². The van der Waals surface area contributed by atoms with E-state index in [1.165, 1.54) is 11.3 Å². The van der Waals surface area contributed by atoms with Gasteiger partial charge in [-0.2, -0.15) is 0 Å². The lowest BCUT2D eigenvalue weighted by molar-refractivity contribution is -0.119. The Kier molecular flexibility index (Phi) is 3.32. The summed E-state index contributed by atoms with van der Waals surface area (Å²) in [6.45, 7) is 1.69. The molecule has 0 saturated carbocycles. The van der Waals surface area contributed by atoms with Crippen molar-refractivity contribution in [2.45, 2.75) is 6.42 Å². The molecule has 1 aliphatic heterocycles. The van der Waals surface area contributed by atoms with E-state index in [4.69, 9.17) is 0 Å². The van der Waals surface area contributed by atoms with Gasteiger partial charge in [0.15, 0.2) is 5.13 Å². The van der Waals surface area contributed by atoms with Crippen molar-refractivity contribution in [3.8, 4) is 0 Å². The first-order valence-electron chi connectivity index (χ1n) is 5.80. The first-order valence-corrected chi connectivity index (χ1v) is 7.41. The van der Waals surface area contributed by atoms with Gasteiger partial charge in [0.05, 0.1) is 16.1 Å². The van der Waals surface area contributed by atoms with E-state index in [-0.39, 0.29) is 11.8 Å². The molecule has 4 nitrogen and oxygen atoms in total. The summed E-state index contributed by atoms with van der Waals surface area (Å²) in [7, 11) is 0. The van der Waals surface area contributed by atoms with E-state index < -0.39 is 0 Å². The van der Waals surface area contributed by atoms with Gasteiger partial charge in [0.25, 0.3) is 0 Å². The van der Waals surface area contributed by atoms with Crippen LogP contribution in [0.2, 0.25) is 0 Å². The number of hydrogen-bond acceptors (Lipinski definition) is 4. The lowest BCUT2D eigenvalue weighted by Gasteiger charge is -2.06. The molecule has 1 fully saturated rings. The Bertz CT molecular complexity index is 592. The standard InChI is InChI=1S/C12H12BrN3OS/c13-8-1-2-9-10(5-8)18-12(15-9)16-11(17)7-3-4-14-6-7/h1-2,5,7,14H,3-4,6H2,(H,15,16,17)/t7-/m0/s1. The highest BCUT2D eigenvalue weighted by molar-refractivity contribution is 9.10. The summed E-state index contributed by atoms with van der Waals surface area (Å²) in [6.07, 6.45) is 0.905. The molecular formula is C12H12BrN3OS. The Balaban J connectivity index is 1.79. The molecular weight excluding hydrogens is 314 g/mol.